The standard InChI is InChI=1S/C12H11N3O3/c1-9(16)18-11-4-2-10(3-5-11)8-14-15-12(17)6-7-13/h2-5,8H,6H2,1H3,(H,15,17)/b14-8-. The number of hydrogen-bond acceptors (Lipinski definition) is 5. The summed E-state index contributed by atoms with van der Waals surface area (Å²) in [5.41, 5.74) is 2.93. The van der Waals surface area contributed by atoms with Gasteiger partial charge in [-0.05, 0) is 29.8 Å². The first-order chi connectivity index (χ1) is 8.61. The molecule has 0 heterocycles. The first kappa shape index (κ1) is 13.4. The van der Waals surface area contributed by atoms with Gasteiger partial charge in [-0.25, -0.2) is 5.43 Å². The van der Waals surface area contributed by atoms with Gasteiger partial charge in [-0.15, -0.1) is 0 Å². The molecular formula is C12H11N3O3. The largest absolute Gasteiger partial charge is 0.427 e. The van der Waals surface area contributed by atoms with Gasteiger partial charge in [-0.2, -0.15) is 10.4 Å². The van der Waals surface area contributed by atoms with Crippen molar-refractivity contribution in [1.29, 1.82) is 5.26 Å². The molecule has 1 N–H and O–H groups in total. The fraction of sp³-hybridized carbons (Fsp3) is 0.167. The highest BCUT2D eigenvalue weighted by Gasteiger charge is 1.98. The fourth-order valence-electron chi connectivity index (χ4n) is 1.08. The lowest BCUT2D eigenvalue weighted by Gasteiger charge is -2.00. The van der Waals surface area contributed by atoms with Crippen LogP contribution in [0.2, 0.25) is 0 Å². The van der Waals surface area contributed by atoms with Gasteiger partial charge >= 0.3 is 5.97 Å². The minimum atomic E-state index is -0.467. The number of carbonyl (C=O) groups excluding carboxylic acids is 2. The zero-order valence-corrected chi connectivity index (χ0v) is 9.71. The van der Waals surface area contributed by atoms with E-state index < -0.39 is 5.91 Å². The van der Waals surface area contributed by atoms with E-state index in [4.69, 9.17) is 10.00 Å². The second-order valence-electron chi connectivity index (χ2n) is 3.29. The summed E-state index contributed by atoms with van der Waals surface area (Å²) in [6, 6.07) is 8.29. The summed E-state index contributed by atoms with van der Waals surface area (Å²) in [4.78, 5) is 21.6. The number of benzene rings is 1. The maximum Gasteiger partial charge on any atom is 0.308 e. The number of rotatable bonds is 4. The lowest BCUT2D eigenvalue weighted by Crippen LogP contribution is -2.16. The highest BCUT2D eigenvalue weighted by molar-refractivity contribution is 5.83. The van der Waals surface area contributed by atoms with Crippen molar-refractivity contribution in [2.24, 2.45) is 5.10 Å². The molecule has 0 saturated carbocycles. The third-order valence-electron chi connectivity index (χ3n) is 1.78. The molecule has 1 rings (SSSR count). The Kier molecular flexibility index (Phi) is 5.06. The van der Waals surface area contributed by atoms with Crippen LogP contribution in [0.5, 0.6) is 5.75 Å². The maximum absolute atomic E-state index is 10.9. The molecule has 92 valence electrons. The smallest absolute Gasteiger partial charge is 0.308 e. The third-order valence-corrected chi connectivity index (χ3v) is 1.78. The number of nitrogens with one attached hydrogen (secondary N) is 1. The third kappa shape index (κ3) is 4.90. The van der Waals surface area contributed by atoms with Crippen LogP contribution < -0.4 is 10.2 Å². The Morgan fingerprint density at radius 2 is 2.11 bits per heavy atom. The molecule has 6 heteroatoms. The average molecular weight is 245 g/mol. The molecule has 0 aromatic heterocycles. The van der Waals surface area contributed by atoms with Crippen LogP contribution in [0.3, 0.4) is 0 Å². The number of nitrogens with zero attached hydrogens (tertiary/aromatic N) is 2. The monoisotopic (exact) mass is 245 g/mol. The van der Waals surface area contributed by atoms with Gasteiger partial charge in [0.2, 0.25) is 0 Å². The molecule has 0 aliphatic heterocycles. The Hall–Kier alpha value is -2.68. The fourth-order valence-corrected chi connectivity index (χ4v) is 1.08. The van der Waals surface area contributed by atoms with Gasteiger partial charge in [0.25, 0.3) is 5.91 Å². The molecule has 0 aliphatic carbocycles. The number of ether oxygens (including phenoxy) is 1. The number of amides is 1. The minimum Gasteiger partial charge on any atom is -0.427 e. The molecule has 0 atom stereocenters. The minimum absolute atomic E-state index is 0.233. The molecule has 0 unspecified atom stereocenters. The lowest BCUT2D eigenvalue weighted by atomic mass is 10.2. The Morgan fingerprint density at radius 3 is 2.67 bits per heavy atom. The summed E-state index contributed by atoms with van der Waals surface area (Å²) in [6.45, 7) is 1.32. The van der Waals surface area contributed by atoms with E-state index in [9.17, 15) is 9.59 Å². The number of esters is 1. The van der Waals surface area contributed by atoms with Crippen molar-refractivity contribution in [3.05, 3.63) is 29.8 Å². The molecule has 1 aromatic rings. The van der Waals surface area contributed by atoms with Crippen molar-refractivity contribution >= 4 is 18.1 Å². The molecule has 0 aliphatic rings. The first-order valence-corrected chi connectivity index (χ1v) is 5.09. The Bertz CT molecular complexity index is 500. The van der Waals surface area contributed by atoms with Crippen molar-refractivity contribution in [2.45, 2.75) is 13.3 Å². The number of carbonyl (C=O) groups is 2. The normalized spacial score (nSPS) is 9.78. The summed E-state index contributed by atoms with van der Waals surface area (Å²) in [6.07, 6.45) is 1.19. The van der Waals surface area contributed by atoms with E-state index in [2.05, 4.69) is 10.5 Å². The van der Waals surface area contributed by atoms with Crippen LogP contribution in [0.15, 0.2) is 29.4 Å². The molecule has 1 aromatic carbocycles. The second-order valence-corrected chi connectivity index (χ2v) is 3.29. The van der Waals surface area contributed by atoms with E-state index in [0.717, 1.165) is 5.56 Å². The summed E-state index contributed by atoms with van der Waals surface area (Å²) < 4.78 is 4.85. The summed E-state index contributed by atoms with van der Waals surface area (Å²) in [5, 5.41) is 11.9. The van der Waals surface area contributed by atoms with E-state index in [0.29, 0.717) is 5.75 Å². The summed E-state index contributed by atoms with van der Waals surface area (Å²) >= 11 is 0. The first-order valence-electron chi connectivity index (χ1n) is 5.09. The molecule has 6 nitrogen and oxygen atoms in total. The maximum atomic E-state index is 10.9. The van der Waals surface area contributed by atoms with Crippen LogP contribution >= 0.6 is 0 Å². The van der Waals surface area contributed by atoms with Gasteiger partial charge in [-0.3, -0.25) is 9.59 Å². The Labute approximate surface area is 104 Å². The topological polar surface area (TPSA) is 91.5 Å². The number of hydrazone groups is 1. The van der Waals surface area contributed by atoms with Crippen molar-refractivity contribution < 1.29 is 14.3 Å². The van der Waals surface area contributed by atoms with Crippen LogP contribution in [0, 0.1) is 11.3 Å². The van der Waals surface area contributed by atoms with Gasteiger partial charge in [0.15, 0.2) is 0 Å². The highest BCUT2D eigenvalue weighted by Crippen LogP contribution is 2.10. The predicted octanol–water partition coefficient (Wildman–Crippen LogP) is 0.976. The van der Waals surface area contributed by atoms with Gasteiger partial charge in [0.1, 0.15) is 12.2 Å². The van der Waals surface area contributed by atoms with Crippen LogP contribution in [-0.2, 0) is 9.59 Å². The van der Waals surface area contributed by atoms with Crippen molar-refractivity contribution in [3.63, 3.8) is 0 Å². The molecule has 18 heavy (non-hydrogen) atoms. The average Bonchev–Trinajstić information content (AvgIpc) is 2.31. The zero-order valence-electron chi connectivity index (χ0n) is 9.71. The second kappa shape index (κ2) is 6.81. The van der Waals surface area contributed by atoms with E-state index in [1.54, 1.807) is 30.3 Å². The van der Waals surface area contributed by atoms with Gasteiger partial charge < -0.3 is 4.74 Å². The Balaban J connectivity index is 2.53. The molecular weight excluding hydrogens is 234 g/mol. The van der Waals surface area contributed by atoms with E-state index in [1.165, 1.54) is 13.1 Å². The Morgan fingerprint density at radius 1 is 1.44 bits per heavy atom. The van der Waals surface area contributed by atoms with Crippen LogP contribution in [0.25, 0.3) is 0 Å². The SMILES string of the molecule is CC(=O)Oc1ccc(/C=N\NC(=O)CC#N)cc1. The van der Waals surface area contributed by atoms with E-state index >= 15 is 0 Å². The van der Waals surface area contributed by atoms with Crippen molar-refractivity contribution in [2.75, 3.05) is 0 Å². The van der Waals surface area contributed by atoms with Crippen molar-refractivity contribution in [1.82, 2.24) is 5.43 Å². The van der Waals surface area contributed by atoms with Crippen LogP contribution in [0.4, 0.5) is 0 Å². The van der Waals surface area contributed by atoms with E-state index in [1.807, 2.05) is 0 Å². The molecule has 0 spiro atoms. The van der Waals surface area contributed by atoms with Gasteiger partial charge in [-0.1, -0.05) is 0 Å². The molecule has 0 saturated heterocycles. The van der Waals surface area contributed by atoms with Gasteiger partial charge in [0.05, 0.1) is 12.3 Å². The number of nitriles is 1. The molecule has 1 amide bonds. The van der Waals surface area contributed by atoms with Crippen molar-refractivity contribution in [3.8, 4) is 11.8 Å². The summed E-state index contributed by atoms with van der Waals surface area (Å²) in [7, 11) is 0. The van der Waals surface area contributed by atoms with Gasteiger partial charge in [0, 0.05) is 6.92 Å². The summed E-state index contributed by atoms with van der Waals surface area (Å²) in [5.74, 6) is -0.418. The molecule has 0 bridgehead atoms. The zero-order chi connectivity index (χ0) is 13.4. The van der Waals surface area contributed by atoms with Crippen LogP contribution in [0.1, 0.15) is 18.9 Å². The molecule has 0 fully saturated rings. The molecule has 0 radical (unpaired) electrons. The van der Waals surface area contributed by atoms with Crippen LogP contribution in [-0.4, -0.2) is 18.1 Å². The quantitative estimate of drug-likeness (QED) is 0.370. The highest BCUT2D eigenvalue weighted by atomic mass is 16.5. The lowest BCUT2D eigenvalue weighted by molar-refractivity contribution is -0.131. The predicted molar refractivity (Wildman–Crippen MR) is 63.7 cm³/mol. The van der Waals surface area contributed by atoms with E-state index in [-0.39, 0.29) is 12.4 Å². The number of hydrogen-bond donors (Lipinski definition) is 1.